The molecule has 114 valence electrons. The zero-order valence-corrected chi connectivity index (χ0v) is 14.9. The van der Waals surface area contributed by atoms with E-state index in [1.54, 1.807) is 17.4 Å². The predicted octanol–water partition coefficient (Wildman–Crippen LogP) is 5.35. The van der Waals surface area contributed by atoms with Crippen molar-refractivity contribution in [1.82, 2.24) is 10.3 Å². The molecule has 1 atom stereocenters. The highest BCUT2D eigenvalue weighted by Gasteiger charge is 2.16. The molecule has 0 bridgehead atoms. The molecule has 1 N–H and O–H groups in total. The molecule has 1 heterocycles. The zero-order valence-electron chi connectivity index (χ0n) is 12.5. The minimum atomic E-state index is 0.186. The van der Waals surface area contributed by atoms with Crippen molar-refractivity contribution < 1.29 is 0 Å². The van der Waals surface area contributed by atoms with Crippen LogP contribution in [-0.4, -0.2) is 11.5 Å². The largest absolute Gasteiger partial charge is 0.310 e. The third kappa shape index (κ3) is 4.68. The van der Waals surface area contributed by atoms with E-state index in [1.807, 2.05) is 12.1 Å². The Morgan fingerprint density at radius 3 is 2.38 bits per heavy atom. The number of benzene rings is 1. The molecule has 2 nitrogen and oxygen atoms in total. The van der Waals surface area contributed by atoms with Crippen LogP contribution in [0.15, 0.2) is 18.2 Å². The van der Waals surface area contributed by atoms with Crippen LogP contribution in [0.2, 0.25) is 10.0 Å². The van der Waals surface area contributed by atoms with Gasteiger partial charge in [-0.2, -0.15) is 0 Å². The SMILES string of the molecule is CCCNC(Cc1nc(C)c(C)s1)c1cc(Cl)cc(Cl)c1. The number of hydrogen-bond acceptors (Lipinski definition) is 3. The highest BCUT2D eigenvalue weighted by molar-refractivity contribution is 7.11. The molecule has 0 amide bonds. The van der Waals surface area contributed by atoms with Crippen LogP contribution >= 0.6 is 34.5 Å². The maximum Gasteiger partial charge on any atom is 0.0949 e. The van der Waals surface area contributed by atoms with E-state index in [2.05, 4.69) is 31.1 Å². The molecule has 5 heteroatoms. The molecule has 0 saturated carbocycles. The summed E-state index contributed by atoms with van der Waals surface area (Å²) in [5.74, 6) is 0. The van der Waals surface area contributed by atoms with Gasteiger partial charge in [-0.05, 0) is 50.6 Å². The van der Waals surface area contributed by atoms with Crippen LogP contribution in [0.4, 0.5) is 0 Å². The molecule has 1 unspecified atom stereocenters. The summed E-state index contributed by atoms with van der Waals surface area (Å²) in [5.41, 5.74) is 2.24. The molecule has 1 aromatic carbocycles. The molecular formula is C16H20Cl2N2S. The number of nitrogens with zero attached hydrogens (tertiary/aromatic N) is 1. The molecule has 2 aromatic rings. The third-order valence-electron chi connectivity index (χ3n) is 3.38. The minimum absolute atomic E-state index is 0.186. The van der Waals surface area contributed by atoms with E-state index < -0.39 is 0 Å². The van der Waals surface area contributed by atoms with Crippen molar-refractivity contribution in [1.29, 1.82) is 0 Å². The van der Waals surface area contributed by atoms with Crippen LogP contribution < -0.4 is 5.32 Å². The fraction of sp³-hybridized carbons (Fsp3) is 0.438. The van der Waals surface area contributed by atoms with Gasteiger partial charge in [0.2, 0.25) is 0 Å². The van der Waals surface area contributed by atoms with E-state index in [0.717, 1.165) is 35.7 Å². The molecule has 2 rings (SSSR count). The average molecular weight is 343 g/mol. The second-order valence-corrected chi connectivity index (χ2v) is 7.32. The number of aromatic nitrogens is 1. The van der Waals surface area contributed by atoms with Crippen LogP contribution in [0.5, 0.6) is 0 Å². The first kappa shape index (κ1) is 16.8. The van der Waals surface area contributed by atoms with Crippen LogP contribution in [0.25, 0.3) is 0 Å². The molecule has 0 aliphatic rings. The standard InChI is InChI=1S/C16H20Cl2N2S/c1-4-5-19-15(9-16-20-10(2)11(3)21-16)12-6-13(17)8-14(18)7-12/h6-8,15,19H,4-5,9H2,1-3H3. The summed E-state index contributed by atoms with van der Waals surface area (Å²) in [6, 6.07) is 5.91. The summed E-state index contributed by atoms with van der Waals surface area (Å²) in [7, 11) is 0. The van der Waals surface area contributed by atoms with Crippen molar-refractivity contribution in [3.05, 3.63) is 49.4 Å². The normalized spacial score (nSPS) is 12.6. The van der Waals surface area contributed by atoms with E-state index >= 15 is 0 Å². The second-order valence-electron chi connectivity index (χ2n) is 5.16. The van der Waals surface area contributed by atoms with Gasteiger partial charge in [0.1, 0.15) is 0 Å². The van der Waals surface area contributed by atoms with Crippen LogP contribution in [0.3, 0.4) is 0 Å². The molecule has 1 aromatic heterocycles. The first-order valence-electron chi connectivity index (χ1n) is 7.12. The molecule has 0 aliphatic heterocycles. The number of rotatable bonds is 6. The molecular weight excluding hydrogens is 323 g/mol. The van der Waals surface area contributed by atoms with E-state index in [1.165, 1.54) is 4.88 Å². The smallest absolute Gasteiger partial charge is 0.0949 e. The van der Waals surface area contributed by atoms with Gasteiger partial charge in [-0.1, -0.05) is 30.1 Å². The molecule has 0 fully saturated rings. The zero-order chi connectivity index (χ0) is 15.4. The van der Waals surface area contributed by atoms with Gasteiger partial charge in [-0.3, -0.25) is 0 Å². The summed E-state index contributed by atoms with van der Waals surface area (Å²) >= 11 is 14.0. The number of hydrogen-bond donors (Lipinski definition) is 1. The Hall–Kier alpha value is -0.610. The topological polar surface area (TPSA) is 24.9 Å². The summed E-state index contributed by atoms with van der Waals surface area (Å²) in [4.78, 5) is 5.92. The fourth-order valence-corrected chi connectivity index (χ4v) is 3.73. The van der Waals surface area contributed by atoms with Gasteiger partial charge in [0.25, 0.3) is 0 Å². The van der Waals surface area contributed by atoms with Crippen LogP contribution in [0, 0.1) is 13.8 Å². The molecule has 0 radical (unpaired) electrons. The lowest BCUT2D eigenvalue weighted by Crippen LogP contribution is -2.24. The highest BCUT2D eigenvalue weighted by atomic mass is 35.5. The summed E-state index contributed by atoms with van der Waals surface area (Å²) in [5, 5.41) is 6.06. The van der Waals surface area contributed by atoms with Gasteiger partial charge in [-0.25, -0.2) is 4.98 Å². The Morgan fingerprint density at radius 2 is 1.86 bits per heavy atom. The predicted molar refractivity (Wildman–Crippen MR) is 92.8 cm³/mol. The highest BCUT2D eigenvalue weighted by Crippen LogP contribution is 2.27. The van der Waals surface area contributed by atoms with Crippen LogP contribution in [0.1, 0.15) is 40.5 Å². The Labute approximate surface area is 140 Å². The van der Waals surface area contributed by atoms with E-state index in [9.17, 15) is 0 Å². The van der Waals surface area contributed by atoms with E-state index in [4.69, 9.17) is 23.2 Å². The van der Waals surface area contributed by atoms with Gasteiger partial charge in [0.05, 0.1) is 10.7 Å². The molecule has 0 saturated heterocycles. The molecule has 21 heavy (non-hydrogen) atoms. The van der Waals surface area contributed by atoms with Gasteiger partial charge in [0.15, 0.2) is 0 Å². The maximum absolute atomic E-state index is 6.14. The first-order chi connectivity index (χ1) is 9.99. The Balaban J connectivity index is 2.24. The summed E-state index contributed by atoms with van der Waals surface area (Å²) in [6.07, 6.45) is 1.94. The Bertz CT molecular complexity index is 571. The number of aryl methyl sites for hydroxylation is 2. The van der Waals surface area contributed by atoms with E-state index in [-0.39, 0.29) is 6.04 Å². The maximum atomic E-state index is 6.14. The van der Waals surface area contributed by atoms with Gasteiger partial charge >= 0.3 is 0 Å². The number of thiazole rings is 1. The first-order valence-corrected chi connectivity index (χ1v) is 8.69. The van der Waals surface area contributed by atoms with E-state index in [0.29, 0.717) is 10.0 Å². The fourth-order valence-electron chi connectivity index (χ4n) is 2.20. The summed E-state index contributed by atoms with van der Waals surface area (Å²) < 4.78 is 0. The average Bonchev–Trinajstić information content (AvgIpc) is 2.72. The van der Waals surface area contributed by atoms with Crippen molar-refractivity contribution in [3.63, 3.8) is 0 Å². The lowest BCUT2D eigenvalue weighted by molar-refractivity contribution is 0.528. The monoisotopic (exact) mass is 342 g/mol. The van der Waals surface area contributed by atoms with Gasteiger partial charge in [-0.15, -0.1) is 11.3 Å². The quantitative estimate of drug-likeness (QED) is 0.765. The lowest BCUT2D eigenvalue weighted by Gasteiger charge is -2.18. The summed E-state index contributed by atoms with van der Waals surface area (Å²) in [6.45, 7) is 7.28. The van der Waals surface area contributed by atoms with Gasteiger partial charge < -0.3 is 5.32 Å². The van der Waals surface area contributed by atoms with Crippen LogP contribution in [-0.2, 0) is 6.42 Å². The Morgan fingerprint density at radius 1 is 1.19 bits per heavy atom. The minimum Gasteiger partial charge on any atom is -0.310 e. The van der Waals surface area contributed by atoms with Crippen molar-refractivity contribution in [2.24, 2.45) is 0 Å². The Kier molecular flexibility index (Phi) is 6.06. The number of halogens is 2. The van der Waals surface area contributed by atoms with Crippen molar-refractivity contribution in [2.75, 3.05) is 6.54 Å². The van der Waals surface area contributed by atoms with Gasteiger partial charge in [0, 0.05) is 27.4 Å². The second kappa shape index (κ2) is 7.59. The lowest BCUT2D eigenvalue weighted by atomic mass is 10.0. The number of nitrogens with one attached hydrogen (secondary N) is 1. The van der Waals surface area contributed by atoms with Crippen molar-refractivity contribution in [3.8, 4) is 0 Å². The van der Waals surface area contributed by atoms with Crippen molar-refractivity contribution >= 4 is 34.5 Å². The molecule has 0 spiro atoms. The van der Waals surface area contributed by atoms with Crippen molar-refractivity contribution in [2.45, 2.75) is 39.7 Å². The molecule has 0 aliphatic carbocycles. The third-order valence-corrected chi connectivity index (χ3v) is 4.91.